The van der Waals surface area contributed by atoms with Gasteiger partial charge in [-0.25, -0.2) is 8.78 Å². The molecular weight excluding hydrogens is 486 g/mol. The van der Waals surface area contributed by atoms with E-state index in [0.29, 0.717) is 36.0 Å². The molecule has 0 spiro atoms. The second-order valence-electron chi connectivity index (χ2n) is 13.4. The van der Waals surface area contributed by atoms with E-state index in [0.717, 1.165) is 50.5 Å². The van der Waals surface area contributed by atoms with Crippen LogP contribution in [0.1, 0.15) is 96.6 Å². The van der Waals surface area contributed by atoms with Crippen molar-refractivity contribution < 1.29 is 28.8 Å². The number of aliphatic hydroxyl groups is 3. The number of methoxy groups -OCH3 is 1. The Balaban J connectivity index is 1.26. The topological polar surface area (TPSA) is 69.9 Å². The third-order valence-electron chi connectivity index (χ3n) is 11.7. The minimum absolute atomic E-state index is 0.00813. The molecule has 0 unspecified atom stereocenters. The lowest BCUT2D eigenvalue weighted by Crippen LogP contribution is -2.55. The molecular formula is C32H46F2O4. The second-order valence-corrected chi connectivity index (χ2v) is 13.4. The predicted molar refractivity (Wildman–Crippen MR) is 144 cm³/mol. The van der Waals surface area contributed by atoms with Crippen molar-refractivity contribution in [1.29, 1.82) is 0 Å². The number of hydrogen-bond acceptors (Lipinski definition) is 4. The van der Waals surface area contributed by atoms with Crippen LogP contribution in [-0.4, -0.2) is 34.6 Å². The van der Waals surface area contributed by atoms with Gasteiger partial charge < -0.3 is 20.1 Å². The fourth-order valence-electron chi connectivity index (χ4n) is 9.51. The monoisotopic (exact) mass is 532 g/mol. The molecule has 4 nitrogen and oxygen atoms in total. The number of halogens is 2. The Morgan fingerprint density at radius 3 is 2.45 bits per heavy atom. The first-order valence-electron chi connectivity index (χ1n) is 14.8. The maximum absolute atomic E-state index is 15.9. The van der Waals surface area contributed by atoms with Crippen LogP contribution in [0.5, 0.6) is 5.75 Å². The van der Waals surface area contributed by atoms with Crippen molar-refractivity contribution in [3.63, 3.8) is 0 Å². The summed E-state index contributed by atoms with van der Waals surface area (Å²) in [6.45, 7) is 6.94. The molecule has 3 N–H and O–H groups in total. The largest absolute Gasteiger partial charge is 0.496 e. The van der Waals surface area contributed by atoms with Crippen molar-refractivity contribution in [3.05, 3.63) is 41.0 Å². The Bertz CT molecular complexity index is 1060. The number of rotatable bonds is 7. The van der Waals surface area contributed by atoms with Crippen molar-refractivity contribution in [3.8, 4) is 5.75 Å². The van der Waals surface area contributed by atoms with Gasteiger partial charge in [0.15, 0.2) is 0 Å². The fraction of sp³-hybridized carbons (Fsp3) is 0.750. The van der Waals surface area contributed by atoms with E-state index in [1.807, 2.05) is 0 Å². The van der Waals surface area contributed by atoms with Crippen LogP contribution in [-0.2, 0) is 0 Å². The van der Waals surface area contributed by atoms with Crippen LogP contribution in [0.2, 0.25) is 0 Å². The SMILES string of the molecule is COc1cc(F)ccc1[C@@H](O)CCC[C@@H](C)[C@H]1CC[C@H]2C3=C(F)C[C@H]4[C@@H](O)[C@@H](O)CC[C@]4(C)[C@H]3CC[C@]12C. The van der Waals surface area contributed by atoms with Crippen molar-refractivity contribution in [2.45, 2.75) is 103 Å². The number of fused-ring (bicyclic) bond motifs is 5. The Morgan fingerprint density at radius 2 is 1.71 bits per heavy atom. The fourth-order valence-corrected chi connectivity index (χ4v) is 9.51. The summed E-state index contributed by atoms with van der Waals surface area (Å²) in [5.74, 6) is 1.18. The zero-order chi connectivity index (χ0) is 27.4. The van der Waals surface area contributed by atoms with Gasteiger partial charge in [-0.15, -0.1) is 0 Å². The zero-order valence-electron chi connectivity index (χ0n) is 23.4. The highest BCUT2D eigenvalue weighted by atomic mass is 19.1. The molecule has 4 aliphatic carbocycles. The van der Waals surface area contributed by atoms with Gasteiger partial charge in [0, 0.05) is 18.1 Å². The molecule has 3 saturated carbocycles. The summed E-state index contributed by atoms with van der Waals surface area (Å²) < 4.78 is 34.7. The summed E-state index contributed by atoms with van der Waals surface area (Å²) in [6.07, 6.45) is 6.02. The quantitative estimate of drug-likeness (QED) is 0.358. The summed E-state index contributed by atoms with van der Waals surface area (Å²) in [4.78, 5) is 0. The van der Waals surface area contributed by atoms with Crippen molar-refractivity contribution in [2.75, 3.05) is 7.11 Å². The first-order chi connectivity index (χ1) is 18.0. The van der Waals surface area contributed by atoms with Gasteiger partial charge in [-0.3, -0.25) is 0 Å². The molecule has 10 atom stereocenters. The molecule has 38 heavy (non-hydrogen) atoms. The number of ether oxygens (including phenoxy) is 1. The lowest BCUT2D eigenvalue weighted by atomic mass is 9.47. The van der Waals surface area contributed by atoms with Gasteiger partial charge >= 0.3 is 0 Å². The number of benzene rings is 1. The molecule has 0 bridgehead atoms. The normalized spacial score (nSPS) is 40.2. The van der Waals surface area contributed by atoms with E-state index in [9.17, 15) is 19.7 Å². The average molecular weight is 533 g/mol. The molecule has 0 amide bonds. The summed E-state index contributed by atoms with van der Waals surface area (Å²) >= 11 is 0. The number of allylic oxidation sites excluding steroid dienone is 2. The van der Waals surface area contributed by atoms with E-state index >= 15 is 4.39 Å². The van der Waals surface area contributed by atoms with Crippen LogP contribution in [0.3, 0.4) is 0 Å². The smallest absolute Gasteiger partial charge is 0.127 e. The van der Waals surface area contributed by atoms with E-state index in [-0.39, 0.29) is 46.6 Å². The Labute approximate surface area is 226 Å². The van der Waals surface area contributed by atoms with Crippen LogP contribution >= 0.6 is 0 Å². The molecule has 1 aromatic carbocycles. The van der Waals surface area contributed by atoms with Gasteiger partial charge in [-0.05, 0) is 103 Å². The third-order valence-corrected chi connectivity index (χ3v) is 11.7. The standard InChI is InChI=1S/C32H46F2O4/c1-18(6-5-7-26(35)20-9-8-19(33)16-28(20)38-4)21-10-11-22-29-23(12-14-31(21,22)2)32(3)15-13-27(36)30(37)24(32)17-25(29)34/h8-9,16,18,21-24,26-27,30,35-37H,5-7,10-15,17H2,1-4H3/t18-,21-,22+,23+,24+,26+,27+,30-,31-,32-/m1/s1. The van der Waals surface area contributed by atoms with E-state index in [2.05, 4.69) is 20.8 Å². The van der Waals surface area contributed by atoms with Gasteiger partial charge in [0.05, 0.1) is 25.4 Å². The summed E-state index contributed by atoms with van der Waals surface area (Å²) in [6, 6.07) is 4.28. The number of aliphatic hydroxyl groups excluding tert-OH is 3. The van der Waals surface area contributed by atoms with E-state index in [4.69, 9.17) is 4.74 Å². The highest BCUT2D eigenvalue weighted by Crippen LogP contribution is 2.68. The van der Waals surface area contributed by atoms with E-state index < -0.39 is 18.3 Å². The van der Waals surface area contributed by atoms with Gasteiger partial charge in [0.2, 0.25) is 0 Å². The van der Waals surface area contributed by atoms with Crippen LogP contribution in [0.15, 0.2) is 29.6 Å². The minimum atomic E-state index is -0.837. The average Bonchev–Trinajstić information content (AvgIpc) is 3.24. The summed E-state index contributed by atoms with van der Waals surface area (Å²) in [7, 11) is 1.49. The molecule has 3 fully saturated rings. The molecule has 4 aliphatic rings. The lowest BCUT2D eigenvalue weighted by Gasteiger charge is -2.59. The summed E-state index contributed by atoms with van der Waals surface area (Å²) in [5.41, 5.74) is 1.60. The number of hydrogen-bond donors (Lipinski definition) is 3. The van der Waals surface area contributed by atoms with Gasteiger partial charge in [-0.2, -0.15) is 0 Å². The highest BCUT2D eigenvalue weighted by molar-refractivity contribution is 5.35. The molecule has 5 rings (SSSR count). The van der Waals surface area contributed by atoms with E-state index in [1.165, 1.54) is 19.2 Å². The first kappa shape index (κ1) is 28.0. The van der Waals surface area contributed by atoms with Gasteiger partial charge in [-0.1, -0.05) is 33.6 Å². The van der Waals surface area contributed by atoms with E-state index in [1.54, 1.807) is 6.07 Å². The molecule has 0 radical (unpaired) electrons. The maximum atomic E-state index is 15.9. The van der Waals surface area contributed by atoms with Gasteiger partial charge in [0.25, 0.3) is 0 Å². The highest BCUT2D eigenvalue weighted by Gasteiger charge is 2.61. The van der Waals surface area contributed by atoms with Crippen molar-refractivity contribution in [2.24, 2.45) is 40.4 Å². The van der Waals surface area contributed by atoms with Gasteiger partial charge in [0.1, 0.15) is 17.4 Å². The predicted octanol–water partition coefficient (Wildman–Crippen LogP) is 6.88. The molecule has 6 heteroatoms. The Hall–Kier alpha value is -1.50. The van der Waals surface area contributed by atoms with Crippen LogP contribution in [0.25, 0.3) is 0 Å². The van der Waals surface area contributed by atoms with Crippen LogP contribution in [0.4, 0.5) is 8.78 Å². The Kier molecular flexibility index (Phi) is 7.73. The Morgan fingerprint density at radius 1 is 1.00 bits per heavy atom. The zero-order valence-corrected chi connectivity index (χ0v) is 23.4. The van der Waals surface area contributed by atoms with Crippen LogP contribution < -0.4 is 4.74 Å². The summed E-state index contributed by atoms with van der Waals surface area (Å²) in [5, 5.41) is 31.8. The van der Waals surface area contributed by atoms with Crippen molar-refractivity contribution in [1.82, 2.24) is 0 Å². The molecule has 0 saturated heterocycles. The molecule has 1 aromatic rings. The van der Waals surface area contributed by atoms with Crippen LogP contribution in [0, 0.1) is 46.2 Å². The van der Waals surface area contributed by atoms with Crippen molar-refractivity contribution >= 4 is 0 Å². The lowest BCUT2D eigenvalue weighted by molar-refractivity contribution is -0.128. The molecule has 0 aromatic heterocycles. The minimum Gasteiger partial charge on any atom is -0.496 e. The molecule has 0 heterocycles. The maximum Gasteiger partial charge on any atom is 0.127 e. The molecule has 0 aliphatic heterocycles. The second kappa shape index (κ2) is 10.5. The molecule has 212 valence electrons. The first-order valence-corrected chi connectivity index (χ1v) is 14.8. The third kappa shape index (κ3) is 4.53.